The molecule has 0 bridgehead atoms. The summed E-state index contributed by atoms with van der Waals surface area (Å²) in [4.78, 5) is 0.470. The lowest BCUT2D eigenvalue weighted by molar-refractivity contribution is 0.329. The summed E-state index contributed by atoms with van der Waals surface area (Å²) in [5.41, 5.74) is 7.40. The van der Waals surface area contributed by atoms with Crippen LogP contribution < -0.4 is 10.5 Å². The van der Waals surface area contributed by atoms with Gasteiger partial charge in [0, 0.05) is 11.4 Å². The van der Waals surface area contributed by atoms with E-state index in [2.05, 4.69) is 0 Å². The van der Waals surface area contributed by atoms with Crippen LogP contribution in [0.1, 0.15) is 17.5 Å². The molecule has 0 heterocycles. The third kappa shape index (κ3) is 3.68. The SMILES string of the molecule is Cc1cc(OCCC(N)=S)cc(C)c1Cl. The molecule has 0 atom stereocenters. The molecule has 2 N–H and O–H groups in total. The normalized spacial score (nSPS) is 10.1. The largest absolute Gasteiger partial charge is 0.493 e. The Morgan fingerprint density at radius 1 is 1.40 bits per heavy atom. The van der Waals surface area contributed by atoms with Gasteiger partial charge in [-0.25, -0.2) is 0 Å². The first-order chi connectivity index (χ1) is 7.00. The van der Waals surface area contributed by atoms with Crippen LogP contribution in [0.2, 0.25) is 5.02 Å². The fourth-order valence-electron chi connectivity index (χ4n) is 1.26. The number of halogens is 1. The van der Waals surface area contributed by atoms with Crippen molar-refractivity contribution < 1.29 is 4.74 Å². The lowest BCUT2D eigenvalue weighted by atomic mass is 10.1. The van der Waals surface area contributed by atoms with Crippen molar-refractivity contribution in [2.24, 2.45) is 5.73 Å². The van der Waals surface area contributed by atoms with E-state index in [1.165, 1.54) is 0 Å². The van der Waals surface area contributed by atoms with Crippen LogP contribution in [0, 0.1) is 13.8 Å². The van der Waals surface area contributed by atoms with Gasteiger partial charge in [0.1, 0.15) is 5.75 Å². The smallest absolute Gasteiger partial charge is 0.119 e. The molecular formula is C11H14ClNOS. The summed E-state index contributed by atoms with van der Waals surface area (Å²) in [5.74, 6) is 0.811. The summed E-state index contributed by atoms with van der Waals surface area (Å²) in [5, 5.41) is 0.789. The maximum Gasteiger partial charge on any atom is 0.119 e. The molecule has 0 amide bonds. The van der Waals surface area contributed by atoms with Gasteiger partial charge in [-0.15, -0.1) is 0 Å². The number of benzene rings is 1. The molecular weight excluding hydrogens is 230 g/mol. The molecule has 0 aliphatic carbocycles. The maximum absolute atomic E-state index is 6.04. The average Bonchev–Trinajstić information content (AvgIpc) is 2.13. The van der Waals surface area contributed by atoms with Crippen molar-refractivity contribution in [2.75, 3.05) is 6.61 Å². The molecule has 0 saturated heterocycles. The average molecular weight is 244 g/mol. The van der Waals surface area contributed by atoms with E-state index in [9.17, 15) is 0 Å². The number of nitrogens with two attached hydrogens (primary N) is 1. The molecule has 0 radical (unpaired) electrons. The van der Waals surface area contributed by atoms with Gasteiger partial charge in [0.25, 0.3) is 0 Å². The standard InChI is InChI=1S/C11H14ClNOS/c1-7-5-9(6-8(2)11(7)12)14-4-3-10(13)15/h5-6H,3-4H2,1-2H3,(H2,13,15). The van der Waals surface area contributed by atoms with Crippen molar-refractivity contribution in [2.45, 2.75) is 20.3 Å². The number of hydrogen-bond acceptors (Lipinski definition) is 2. The zero-order valence-electron chi connectivity index (χ0n) is 8.84. The molecule has 0 saturated carbocycles. The van der Waals surface area contributed by atoms with Gasteiger partial charge in [0.05, 0.1) is 11.6 Å². The summed E-state index contributed by atoms with van der Waals surface area (Å²) in [6, 6.07) is 3.82. The summed E-state index contributed by atoms with van der Waals surface area (Å²) in [6.07, 6.45) is 0.593. The fraction of sp³-hybridized carbons (Fsp3) is 0.364. The minimum Gasteiger partial charge on any atom is -0.493 e. The minimum absolute atomic E-state index is 0.470. The molecule has 0 aromatic heterocycles. The summed E-state index contributed by atoms with van der Waals surface area (Å²) >= 11 is 10.8. The Bertz CT molecular complexity index is 356. The molecule has 1 aromatic rings. The van der Waals surface area contributed by atoms with Gasteiger partial charge in [0.15, 0.2) is 0 Å². The lowest BCUT2D eigenvalue weighted by Gasteiger charge is -2.09. The van der Waals surface area contributed by atoms with Crippen LogP contribution in [-0.4, -0.2) is 11.6 Å². The number of hydrogen-bond donors (Lipinski definition) is 1. The number of thiocarbonyl (C=S) groups is 1. The molecule has 2 nitrogen and oxygen atoms in total. The van der Waals surface area contributed by atoms with E-state index in [0.717, 1.165) is 21.9 Å². The van der Waals surface area contributed by atoms with Crippen LogP contribution in [0.3, 0.4) is 0 Å². The van der Waals surface area contributed by atoms with Crippen LogP contribution in [0.5, 0.6) is 5.75 Å². The first-order valence-corrected chi connectivity index (χ1v) is 5.47. The van der Waals surface area contributed by atoms with Crippen molar-refractivity contribution in [3.8, 4) is 5.75 Å². The molecule has 1 aromatic carbocycles. The summed E-state index contributed by atoms with van der Waals surface area (Å²) in [6.45, 7) is 4.42. The van der Waals surface area contributed by atoms with Crippen LogP contribution in [0.25, 0.3) is 0 Å². The van der Waals surface area contributed by atoms with E-state index in [0.29, 0.717) is 18.0 Å². The van der Waals surface area contributed by atoms with Crippen molar-refractivity contribution in [3.63, 3.8) is 0 Å². The Balaban J connectivity index is 2.66. The van der Waals surface area contributed by atoms with Gasteiger partial charge < -0.3 is 10.5 Å². The molecule has 0 aliphatic rings. The summed E-state index contributed by atoms with van der Waals surface area (Å²) in [7, 11) is 0. The van der Waals surface area contributed by atoms with E-state index in [-0.39, 0.29) is 0 Å². The van der Waals surface area contributed by atoms with Crippen molar-refractivity contribution in [1.29, 1.82) is 0 Å². The van der Waals surface area contributed by atoms with E-state index >= 15 is 0 Å². The highest BCUT2D eigenvalue weighted by Crippen LogP contribution is 2.25. The highest BCUT2D eigenvalue weighted by molar-refractivity contribution is 7.80. The van der Waals surface area contributed by atoms with E-state index in [1.54, 1.807) is 0 Å². The Hall–Kier alpha value is -0.800. The fourth-order valence-corrected chi connectivity index (χ4v) is 1.45. The molecule has 0 aliphatic heterocycles. The quantitative estimate of drug-likeness (QED) is 0.826. The van der Waals surface area contributed by atoms with Crippen molar-refractivity contribution in [1.82, 2.24) is 0 Å². The van der Waals surface area contributed by atoms with E-state index in [4.69, 9.17) is 34.3 Å². The first kappa shape index (κ1) is 12.3. The molecule has 0 fully saturated rings. The molecule has 82 valence electrons. The topological polar surface area (TPSA) is 35.2 Å². The van der Waals surface area contributed by atoms with Crippen LogP contribution >= 0.6 is 23.8 Å². The number of aryl methyl sites for hydroxylation is 2. The Morgan fingerprint density at radius 3 is 2.40 bits per heavy atom. The maximum atomic E-state index is 6.04. The van der Waals surface area contributed by atoms with Crippen LogP contribution in [-0.2, 0) is 0 Å². The van der Waals surface area contributed by atoms with E-state index < -0.39 is 0 Å². The molecule has 15 heavy (non-hydrogen) atoms. The van der Waals surface area contributed by atoms with Gasteiger partial charge in [0.2, 0.25) is 0 Å². The van der Waals surface area contributed by atoms with Gasteiger partial charge in [-0.2, -0.15) is 0 Å². The van der Waals surface area contributed by atoms with Gasteiger partial charge in [-0.05, 0) is 37.1 Å². The monoisotopic (exact) mass is 243 g/mol. The second-order valence-corrected chi connectivity index (χ2v) is 4.34. The van der Waals surface area contributed by atoms with E-state index in [1.807, 2.05) is 26.0 Å². The van der Waals surface area contributed by atoms with Crippen LogP contribution in [0.4, 0.5) is 0 Å². The van der Waals surface area contributed by atoms with Crippen molar-refractivity contribution in [3.05, 3.63) is 28.3 Å². The first-order valence-electron chi connectivity index (χ1n) is 4.68. The zero-order valence-corrected chi connectivity index (χ0v) is 10.4. The number of ether oxygens (including phenoxy) is 1. The molecule has 0 unspecified atom stereocenters. The van der Waals surface area contributed by atoms with Crippen LogP contribution in [0.15, 0.2) is 12.1 Å². The number of rotatable bonds is 4. The third-order valence-corrected chi connectivity index (χ3v) is 2.83. The lowest BCUT2D eigenvalue weighted by Crippen LogP contribution is -2.12. The highest BCUT2D eigenvalue weighted by Gasteiger charge is 2.03. The predicted octanol–water partition coefficient (Wildman–Crippen LogP) is 3.01. The van der Waals surface area contributed by atoms with Gasteiger partial charge in [-0.1, -0.05) is 23.8 Å². The molecule has 0 spiro atoms. The van der Waals surface area contributed by atoms with Gasteiger partial charge in [-0.3, -0.25) is 0 Å². The predicted molar refractivity (Wildman–Crippen MR) is 67.8 cm³/mol. The summed E-state index contributed by atoms with van der Waals surface area (Å²) < 4.78 is 5.51. The second-order valence-electron chi connectivity index (χ2n) is 3.44. The Morgan fingerprint density at radius 2 is 1.93 bits per heavy atom. The third-order valence-electron chi connectivity index (χ3n) is 2.03. The molecule has 4 heteroatoms. The Kier molecular flexibility index (Phi) is 4.36. The second kappa shape index (κ2) is 5.33. The minimum atomic E-state index is 0.470. The Labute approximate surface area is 100 Å². The highest BCUT2D eigenvalue weighted by atomic mass is 35.5. The zero-order chi connectivity index (χ0) is 11.4. The van der Waals surface area contributed by atoms with Crippen molar-refractivity contribution >= 4 is 28.8 Å². The molecule has 1 rings (SSSR count). The van der Waals surface area contributed by atoms with Gasteiger partial charge >= 0.3 is 0 Å².